The van der Waals surface area contributed by atoms with E-state index >= 15 is 0 Å². The lowest BCUT2D eigenvalue weighted by Crippen LogP contribution is -2.35. The molecule has 0 unspecified atom stereocenters. The van der Waals surface area contributed by atoms with Crippen molar-refractivity contribution in [3.8, 4) is 5.75 Å². The first kappa shape index (κ1) is 18.2. The minimum atomic E-state index is -1.01. The molecule has 5 heteroatoms. The van der Waals surface area contributed by atoms with Crippen LogP contribution in [0.1, 0.15) is 24.1 Å². The van der Waals surface area contributed by atoms with Gasteiger partial charge < -0.3 is 10.1 Å². The Hall–Kier alpha value is -2.14. The van der Waals surface area contributed by atoms with Crippen LogP contribution in [0, 0.1) is 0 Å². The van der Waals surface area contributed by atoms with Crippen molar-refractivity contribution in [2.45, 2.75) is 19.4 Å². The molecule has 2 aromatic rings. The molecular weight excluding hydrogens is 322 g/mol. The Bertz CT molecular complexity index is 671. The second-order valence-electron chi connectivity index (χ2n) is 5.56. The van der Waals surface area contributed by atoms with Crippen molar-refractivity contribution in [2.75, 3.05) is 18.6 Å². The molecule has 0 aliphatic carbocycles. The van der Waals surface area contributed by atoms with Gasteiger partial charge in [-0.1, -0.05) is 49.4 Å². The van der Waals surface area contributed by atoms with Crippen LogP contribution in [-0.2, 0) is 22.0 Å². The van der Waals surface area contributed by atoms with Crippen LogP contribution < -0.4 is 10.1 Å². The second-order valence-corrected chi connectivity index (χ2v) is 7.04. The third-order valence-corrected chi connectivity index (χ3v) is 4.44. The van der Waals surface area contributed by atoms with Crippen molar-refractivity contribution < 1.29 is 13.7 Å². The summed E-state index contributed by atoms with van der Waals surface area (Å²) in [5.41, 5.74) is 2.16. The predicted molar refractivity (Wildman–Crippen MR) is 97.6 cm³/mol. The Balaban J connectivity index is 1.93. The number of carbonyl (C=O) groups excluding carboxylic acids is 1. The molecule has 0 saturated carbocycles. The van der Waals surface area contributed by atoms with Gasteiger partial charge in [-0.3, -0.25) is 9.00 Å². The van der Waals surface area contributed by atoms with Gasteiger partial charge in [-0.05, 0) is 29.7 Å². The third-order valence-electron chi connectivity index (χ3n) is 3.64. The van der Waals surface area contributed by atoms with Gasteiger partial charge in [0, 0.05) is 22.8 Å². The molecule has 0 aliphatic rings. The molecule has 1 amide bonds. The fourth-order valence-corrected chi connectivity index (χ4v) is 3.09. The number of amides is 1. The second kappa shape index (κ2) is 9.23. The largest absolute Gasteiger partial charge is 0.484 e. The van der Waals surface area contributed by atoms with Gasteiger partial charge in [0.2, 0.25) is 0 Å². The fourth-order valence-electron chi connectivity index (χ4n) is 2.35. The van der Waals surface area contributed by atoms with Crippen LogP contribution in [0.5, 0.6) is 5.75 Å². The number of ether oxygens (including phenoxy) is 1. The quantitative estimate of drug-likeness (QED) is 0.800. The maximum absolute atomic E-state index is 12.2. The standard InChI is InChI=1S/C19H23NO3S/c1-3-15-9-11-17(12-10-15)23-13-19(21)20-18(14-24(2)22)16-7-5-4-6-8-16/h4-12,18H,3,13-14H2,1-2H3,(H,20,21)/t18-,24-/m1/s1. The minimum absolute atomic E-state index is 0.0643. The molecule has 128 valence electrons. The molecule has 2 atom stereocenters. The molecule has 4 nitrogen and oxygen atoms in total. The Morgan fingerprint density at radius 1 is 1.12 bits per heavy atom. The van der Waals surface area contributed by atoms with Gasteiger partial charge in [0.15, 0.2) is 6.61 Å². The van der Waals surface area contributed by atoms with E-state index in [0.717, 1.165) is 12.0 Å². The van der Waals surface area contributed by atoms with Crippen molar-refractivity contribution in [3.63, 3.8) is 0 Å². The van der Waals surface area contributed by atoms with E-state index in [-0.39, 0.29) is 18.6 Å². The summed E-state index contributed by atoms with van der Waals surface area (Å²) in [6, 6.07) is 17.0. The summed E-state index contributed by atoms with van der Waals surface area (Å²) < 4.78 is 17.1. The van der Waals surface area contributed by atoms with Gasteiger partial charge in [-0.25, -0.2) is 0 Å². The Kier molecular flexibility index (Phi) is 7.00. The van der Waals surface area contributed by atoms with Gasteiger partial charge in [-0.2, -0.15) is 0 Å². The topological polar surface area (TPSA) is 55.4 Å². The summed E-state index contributed by atoms with van der Waals surface area (Å²) in [4.78, 5) is 12.2. The molecule has 0 aromatic heterocycles. The monoisotopic (exact) mass is 345 g/mol. The van der Waals surface area contributed by atoms with Crippen molar-refractivity contribution in [3.05, 3.63) is 65.7 Å². The summed E-state index contributed by atoms with van der Waals surface area (Å²) in [5, 5.41) is 2.90. The first-order valence-corrected chi connectivity index (χ1v) is 9.67. The molecule has 0 saturated heterocycles. The predicted octanol–water partition coefficient (Wildman–Crippen LogP) is 2.86. The van der Waals surface area contributed by atoms with E-state index in [2.05, 4.69) is 12.2 Å². The number of nitrogens with one attached hydrogen (secondary N) is 1. The van der Waals surface area contributed by atoms with Crippen LogP contribution in [0.3, 0.4) is 0 Å². The van der Waals surface area contributed by atoms with Gasteiger partial charge in [0.05, 0.1) is 6.04 Å². The molecule has 2 rings (SSSR count). The normalized spacial score (nSPS) is 13.1. The smallest absolute Gasteiger partial charge is 0.258 e. The highest BCUT2D eigenvalue weighted by Crippen LogP contribution is 2.15. The molecule has 0 radical (unpaired) electrons. The van der Waals surface area contributed by atoms with Crippen LogP contribution >= 0.6 is 0 Å². The zero-order chi connectivity index (χ0) is 17.4. The first-order chi connectivity index (χ1) is 11.6. The van der Waals surface area contributed by atoms with Crippen molar-refractivity contribution in [1.82, 2.24) is 5.32 Å². The number of hydrogen-bond acceptors (Lipinski definition) is 3. The summed E-state index contributed by atoms with van der Waals surface area (Å²) in [7, 11) is -1.01. The minimum Gasteiger partial charge on any atom is -0.484 e. The van der Waals surface area contributed by atoms with Gasteiger partial charge >= 0.3 is 0 Å². The van der Waals surface area contributed by atoms with E-state index < -0.39 is 10.8 Å². The van der Waals surface area contributed by atoms with Crippen LogP contribution in [0.2, 0.25) is 0 Å². The molecule has 0 heterocycles. The van der Waals surface area contributed by atoms with Crippen LogP contribution in [0.25, 0.3) is 0 Å². The Morgan fingerprint density at radius 2 is 1.79 bits per heavy atom. The third kappa shape index (κ3) is 5.81. The highest BCUT2D eigenvalue weighted by molar-refractivity contribution is 7.84. The lowest BCUT2D eigenvalue weighted by Gasteiger charge is -2.18. The Morgan fingerprint density at radius 3 is 2.38 bits per heavy atom. The van der Waals surface area contributed by atoms with Gasteiger partial charge in [0.25, 0.3) is 5.91 Å². The van der Waals surface area contributed by atoms with Crippen LogP contribution in [0.4, 0.5) is 0 Å². The fraction of sp³-hybridized carbons (Fsp3) is 0.316. The number of carbonyl (C=O) groups is 1. The van der Waals surface area contributed by atoms with Crippen molar-refractivity contribution in [1.29, 1.82) is 0 Å². The van der Waals surface area contributed by atoms with E-state index in [1.54, 1.807) is 6.26 Å². The van der Waals surface area contributed by atoms with E-state index in [0.29, 0.717) is 11.5 Å². The molecule has 0 spiro atoms. The highest BCUT2D eigenvalue weighted by Gasteiger charge is 2.16. The maximum atomic E-state index is 12.2. The lowest BCUT2D eigenvalue weighted by atomic mass is 10.1. The van der Waals surface area contributed by atoms with Crippen LogP contribution in [0.15, 0.2) is 54.6 Å². The summed E-state index contributed by atoms with van der Waals surface area (Å²) in [6.45, 7) is 2.02. The van der Waals surface area contributed by atoms with E-state index in [4.69, 9.17) is 4.74 Å². The Labute approximate surface area is 145 Å². The molecule has 2 aromatic carbocycles. The summed E-state index contributed by atoms with van der Waals surface area (Å²) in [5.74, 6) is 0.813. The lowest BCUT2D eigenvalue weighted by molar-refractivity contribution is -0.123. The average molecular weight is 345 g/mol. The van der Waals surface area contributed by atoms with Crippen molar-refractivity contribution >= 4 is 16.7 Å². The summed E-state index contributed by atoms with van der Waals surface area (Å²) in [6.07, 6.45) is 2.60. The molecule has 0 fully saturated rings. The molecule has 0 bridgehead atoms. The number of hydrogen-bond donors (Lipinski definition) is 1. The van der Waals surface area contributed by atoms with Gasteiger partial charge in [0.1, 0.15) is 5.75 Å². The number of benzene rings is 2. The van der Waals surface area contributed by atoms with E-state index in [9.17, 15) is 9.00 Å². The zero-order valence-corrected chi connectivity index (χ0v) is 14.8. The zero-order valence-electron chi connectivity index (χ0n) is 14.0. The van der Waals surface area contributed by atoms with E-state index in [1.165, 1.54) is 5.56 Å². The van der Waals surface area contributed by atoms with Gasteiger partial charge in [-0.15, -0.1) is 0 Å². The first-order valence-electron chi connectivity index (χ1n) is 7.94. The molecular formula is C19H23NO3S. The summed E-state index contributed by atoms with van der Waals surface area (Å²) >= 11 is 0. The van der Waals surface area contributed by atoms with E-state index in [1.807, 2.05) is 54.6 Å². The highest BCUT2D eigenvalue weighted by atomic mass is 32.2. The molecule has 1 N–H and O–H groups in total. The average Bonchev–Trinajstić information content (AvgIpc) is 2.60. The molecule has 24 heavy (non-hydrogen) atoms. The SMILES string of the molecule is CCc1ccc(OCC(=O)N[C@H](C[S@@](C)=O)c2ccccc2)cc1. The number of rotatable bonds is 8. The van der Waals surface area contributed by atoms with Crippen LogP contribution in [-0.4, -0.2) is 28.7 Å². The van der Waals surface area contributed by atoms with Crippen molar-refractivity contribution in [2.24, 2.45) is 0 Å². The maximum Gasteiger partial charge on any atom is 0.258 e. The number of aryl methyl sites for hydroxylation is 1. The molecule has 0 aliphatic heterocycles.